The number of carbonyl (C=O) groups excluding carboxylic acids is 1. The van der Waals surface area contributed by atoms with Gasteiger partial charge in [-0.3, -0.25) is 24.5 Å². The summed E-state index contributed by atoms with van der Waals surface area (Å²) in [5, 5.41) is 14.5. The fourth-order valence-electron chi connectivity index (χ4n) is 4.97. The number of hydrogen-bond acceptors (Lipinski definition) is 6. The van der Waals surface area contributed by atoms with E-state index >= 15 is 0 Å². The van der Waals surface area contributed by atoms with Crippen LogP contribution < -0.4 is 11.0 Å². The van der Waals surface area contributed by atoms with E-state index in [0.717, 1.165) is 37.4 Å². The first kappa shape index (κ1) is 24.6. The molecule has 0 atom stereocenters. The molecule has 0 unspecified atom stereocenters. The van der Waals surface area contributed by atoms with Crippen LogP contribution in [0.4, 0.5) is 5.69 Å². The third-order valence-electron chi connectivity index (χ3n) is 6.93. The summed E-state index contributed by atoms with van der Waals surface area (Å²) in [5.74, 6) is 0.429. The number of aromatic nitrogens is 4. The van der Waals surface area contributed by atoms with Crippen LogP contribution >= 0.6 is 11.6 Å². The van der Waals surface area contributed by atoms with Crippen LogP contribution in [0.25, 0.3) is 16.9 Å². The average molecular weight is 521 g/mol. The van der Waals surface area contributed by atoms with Crippen LogP contribution in [0.2, 0.25) is 5.02 Å². The summed E-state index contributed by atoms with van der Waals surface area (Å²) < 4.78 is 3.25. The van der Waals surface area contributed by atoms with Crippen LogP contribution in [0.3, 0.4) is 0 Å². The Balaban J connectivity index is 1.31. The van der Waals surface area contributed by atoms with E-state index in [2.05, 4.69) is 15.3 Å². The first-order valence-corrected chi connectivity index (χ1v) is 12.4. The number of fused-ring (bicyclic) bond motifs is 1. The van der Waals surface area contributed by atoms with Crippen molar-refractivity contribution in [1.29, 1.82) is 0 Å². The Morgan fingerprint density at radius 1 is 1.11 bits per heavy atom. The van der Waals surface area contributed by atoms with Gasteiger partial charge < -0.3 is 5.32 Å². The first-order chi connectivity index (χ1) is 17.8. The Bertz CT molecular complexity index is 1540. The summed E-state index contributed by atoms with van der Waals surface area (Å²) in [6, 6.07) is 12.0. The quantitative estimate of drug-likeness (QED) is 0.296. The predicted molar refractivity (Wildman–Crippen MR) is 139 cm³/mol. The molecule has 1 saturated carbocycles. The van der Waals surface area contributed by atoms with Crippen LogP contribution in [0.5, 0.6) is 0 Å². The van der Waals surface area contributed by atoms with E-state index in [1.807, 2.05) is 24.3 Å². The standard InChI is InChI=1S/C26H25ClN6O4/c1-16-21(12-18(27)13-28-16)25(34)30-19-8-6-17(7-9-19)15-31-22-4-2-3-5-23(22)32(26(31)35)24-11-10-20(14-29-24)33(36)37/h2-5,10-14,17,19H,6-9,15H2,1H3,(H,30,34). The van der Waals surface area contributed by atoms with Gasteiger partial charge in [-0.1, -0.05) is 23.7 Å². The summed E-state index contributed by atoms with van der Waals surface area (Å²) in [6.07, 6.45) is 6.01. The molecule has 0 saturated heterocycles. The zero-order valence-electron chi connectivity index (χ0n) is 20.1. The first-order valence-electron chi connectivity index (χ1n) is 12.1. The van der Waals surface area contributed by atoms with Crippen molar-refractivity contribution < 1.29 is 9.72 Å². The maximum absolute atomic E-state index is 13.5. The molecule has 4 aromatic rings. The second-order valence-electron chi connectivity index (χ2n) is 9.33. The Morgan fingerprint density at radius 3 is 2.51 bits per heavy atom. The molecule has 11 heteroatoms. The van der Waals surface area contributed by atoms with Gasteiger partial charge in [0.25, 0.3) is 11.6 Å². The number of rotatable bonds is 6. The molecule has 5 rings (SSSR count). The van der Waals surface area contributed by atoms with Crippen molar-refractivity contribution in [1.82, 2.24) is 24.4 Å². The summed E-state index contributed by atoms with van der Waals surface area (Å²) in [4.78, 5) is 45.0. The molecule has 0 aliphatic heterocycles. The number of pyridine rings is 2. The lowest BCUT2D eigenvalue weighted by atomic mass is 9.85. The maximum Gasteiger partial charge on any atom is 0.334 e. The number of imidazole rings is 1. The molecule has 1 fully saturated rings. The molecule has 1 aromatic carbocycles. The van der Waals surface area contributed by atoms with Crippen molar-refractivity contribution >= 4 is 34.2 Å². The molecule has 0 spiro atoms. The highest BCUT2D eigenvalue weighted by atomic mass is 35.5. The number of amides is 1. The number of nitro groups is 1. The van der Waals surface area contributed by atoms with Crippen molar-refractivity contribution in [3.63, 3.8) is 0 Å². The van der Waals surface area contributed by atoms with Gasteiger partial charge in [-0.2, -0.15) is 0 Å². The minimum absolute atomic E-state index is 0.0458. The van der Waals surface area contributed by atoms with E-state index in [1.54, 1.807) is 17.6 Å². The normalized spacial score (nSPS) is 17.6. The lowest BCUT2D eigenvalue weighted by Gasteiger charge is -2.29. The van der Waals surface area contributed by atoms with Crippen molar-refractivity contribution in [3.05, 3.63) is 91.7 Å². The lowest BCUT2D eigenvalue weighted by molar-refractivity contribution is -0.385. The smallest absolute Gasteiger partial charge is 0.334 e. The Kier molecular flexibility index (Phi) is 6.75. The third kappa shape index (κ3) is 4.97. The number of aryl methyl sites for hydroxylation is 1. The van der Waals surface area contributed by atoms with Gasteiger partial charge in [-0.15, -0.1) is 0 Å². The minimum Gasteiger partial charge on any atom is -0.349 e. The number of halogens is 1. The minimum atomic E-state index is -0.519. The second-order valence-corrected chi connectivity index (χ2v) is 9.76. The molecule has 1 N–H and O–H groups in total. The fourth-order valence-corrected chi connectivity index (χ4v) is 5.13. The van der Waals surface area contributed by atoms with Gasteiger partial charge in [0.05, 0.1) is 32.2 Å². The third-order valence-corrected chi connectivity index (χ3v) is 7.14. The highest BCUT2D eigenvalue weighted by Crippen LogP contribution is 2.28. The molecule has 0 radical (unpaired) electrons. The van der Waals surface area contributed by atoms with E-state index in [1.165, 1.54) is 22.9 Å². The van der Waals surface area contributed by atoms with E-state index < -0.39 is 4.92 Å². The molecule has 1 aliphatic carbocycles. The van der Waals surface area contributed by atoms with Crippen molar-refractivity contribution in [2.75, 3.05) is 0 Å². The number of benzene rings is 1. The van der Waals surface area contributed by atoms with Gasteiger partial charge in [-0.25, -0.2) is 14.3 Å². The average Bonchev–Trinajstić information content (AvgIpc) is 3.17. The molecule has 1 aliphatic rings. The number of hydrogen-bond donors (Lipinski definition) is 1. The van der Waals surface area contributed by atoms with Crippen LogP contribution in [-0.4, -0.2) is 36.0 Å². The Hall–Kier alpha value is -4.05. The lowest BCUT2D eigenvalue weighted by Crippen LogP contribution is -2.39. The topological polar surface area (TPSA) is 125 Å². The van der Waals surface area contributed by atoms with Gasteiger partial charge >= 0.3 is 5.69 Å². The zero-order chi connectivity index (χ0) is 26.1. The number of carbonyl (C=O) groups is 1. The van der Waals surface area contributed by atoms with Crippen molar-refractivity contribution in [2.24, 2.45) is 5.92 Å². The molecule has 37 heavy (non-hydrogen) atoms. The van der Waals surface area contributed by atoms with Gasteiger partial charge in [0.1, 0.15) is 12.0 Å². The van der Waals surface area contributed by atoms with Crippen molar-refractivity contribution in [3.8, 4) is 5.82 Å². The zero-order valence-corrected chi connectivity index (χ0v) is 20.9. The molecular weight excluding hydrogens is 496 g/mol. The molecule has 3 aromatic heterocycles. The van der Waals surface area contributed by atoms with Gasteiger partial charge in [0.15, 0.2) is 0 Å². The van der Waals surface area contributed by atoms with E-state index in [0.29, 0.717) is 34.2 Å². The summed E-state index contributed by atoms with van der Waals surface area (Å²) >= 11 is 6.01. The predicted octanol–water partition coefficient (Wildman–Crippen LogP) is 4.44. The molecular formula is C26H25ClN6O4. The monoisotopic (exact) mass is 520 g/mol. The Morgan fingerprint density at radius 2 is 1.84 bits per heavy atom. The highest BCUT2D eigenvalue weighted by Gasteiger charge is 2.26. The van der Waals surface area contributed by atoms with E-state index in [9.17, 15) is 19.7 Å². The number of nitrogens with zero attached hydrogens (tertiary/aromatic N) is 5. The van der Waals surface area contributed by atoms with Gasteiger partial charge in [-0.05, 0) is 62.8 Å². The van der Waals surface area contributed by atoms with Crippen LogP contribution in [0.15, 0.2) is 59.7 Å². The Labute approximate surface area is 217 Å². The van der Waals surface area contributed by atoms with E-state index in [4.69, 9.17) is 11.6 Å². The van der Waals surface area contributed by atoms with Gasteiger partial charge in [0, 0.05) is 24.8 Å². The molecule has 190 valence electrons. The SMILES string of the molecule is Cc1ncc(Cl)cc1C(=O)NC1CCC(Cn2c(=O)n(-c3ccc([N+](=O)[O-])cn3)c3ccccc32)CC1. The highest BCUT2D eigenvalue weighted by molar-refractivity contribution is 6.30. The van der Waals surface area contributed by atoms with Crippen molar-refractivity contribution in [2.45, 2.75) is 45.2 Å². The molecule has 10 nitrogen and oxygen atoms in total. The van der Waals surface area contributed by atoms with E-state index in [-0.39, 0.29) is 29.2 Å². The van der Waals surface area contributed by atoms with Crippen LogP contribution in [0, 0.1) is 23.0 Å². The summed E-state index contributed by atoms with van der Waals surface area (Å²) in [7, 11) is 0. The number of nitrogens with one attached hydrogen (secondary N) is 1. The van der Waals surface area contributed by atoms with Gasteiger partial charge in [0.2, 0.25) is 0 Å². The summed E-state index contributed by atoms with van der Waals surface area (Å²) in [6.45, 7) is 2.32. The maximum atomic E-state index is 13.5. The molecule has 3 heterocycles. The largest absolute Gasteiger partial charge is 0.349 e. The van der Waals surface area contributed by atoms with Crippen LogP contribution in [-0.2, 0) is 6.54 Å². The second kappa shape index (κ2) is 10.1. The molecule has 1 amide bonds. The molecule has 0 bridgehead atoms. The fraction of sp³-hybridized carbons (Fsp3) is 0.308. The number of para-hydroxylation sites is 2. The summed E-state index contributed by atoms with van der Waals surface area (Å²) in [5.41, 5.74) is 2.23. The van der Waals surface area contributed by atoms with Crippen LogP contribution in [0.1, 0.15) is 41.7 Å².